The zero-order valence-corrected chi connectivity index (χ0v) is 14.4. The van der Waals surface area contributed by atoms with Crippen LogP contribution in [0.4, 0.5) is 9.18 Å². The van der Waals surface area contributed by atoms with Crippen molar-refractivity contribution in [3.63, 3.8) is 0 Å². The van der Waals surface area contributed by atoms with Gasteiger partial charge in [0.05, 0.1) is 6.54 Å². The summed E-state index contributed by atoms with van der Waals surface area (Å²) >= 11 is 6.01. The van der Waals surface area contributed by atoms with Gasteiger partial charge in [-0.15, -0.1) is 0 Å². The summed E-state index contributed by atoms with van der Waals surface area (Å²) < 4.78 is 14.0. The van der Waals surface area contributed by atoms with Crippen LogP contribution < -0.4 is 5.32 Å². The number of benzene rings is 2. The Bertz CT molecular complexity index is 997. The Kier molecular flexibility index (Phi) is 4.12. The number of urea groups is 1. The molecule has 132 valence electrons. The lowest BCUT2D eigenvalue weighted by molar-refractivity contribution is -0.127. The molecule has 1 atom stereocenters. The van der Waals surface area contributed by atoms with E-state index in [1.165, 1.54) is 18.2 Å². The van der Waals surface area contributed by atoms with E-state index in [9.17, 15) is 14.0 Å². The molecule has 3 aromatic rings. The maximum absolute atomic E-state index is 14.0. The fourth-order valence-electron chi connectivity index (χ4n) is 3.23. The molecule has 2 heterocycles. The number of fused-ring (bicyclic) bond motifs is 1. The first-order valence-electron chi connectivity index (χ1n) is 8.14. The summed E-state index contributed by atoms with van der Waals surface area (Å²) in [7, 11) is 0. The number of nitrogens with one attached hydrogen (secondary N) is 2. The lowest BCUT2D eigenvalue weighted by atomic mass is 10.0. The van der Waals surface area contributed by atoms with Gasteiger partial charge in [0, 0.05) is 34.1 Å². The molecule has 0 bridgehead atoms. The van der Waals surface area contributed by atoms with E-state index in [-0.39, 0.29) is 23.0 Å². The van der Waals surface area contributed by atoms with Crippen LogP contribution in [-0.4, -0.2) is 27.9 Å². The molecule has 26 heavy (non-hydrogen) atoms. The van der Waals surface area contributed by atoms with Gasteiger partial charge in [-0.25, -0.2) is 9.18 Å². The van der Waals surface area contributed by atoms with Gasteiger partial charge in [0.25, 0.3) is 5.91 Å². The van der Waals surface area contributed by atoms with E-state index in [4.69, 9.17) is 11.6 Å². The molecule has 1 fully saturated rings. The molecular weight excluding hydrogens is 357 g/mol. The maximum atomic E-state index is 14.0. The molecule has 2 N–H and O–H groups in total. The van der Waals surface area contributed by atoms with Crippen LogP contribution in [0.5, 0.6) is 0 Å². The van der Waals surface area contributed by atoms with Gasteiger partial charge in [-0.1, -0.05) is 35.9 Å². The first-order chi connectivity index (χ1) is 12.5. The fraction of sp³-hybridized carbons (Fsp3) is 0.158. The molecule has 5 nitrogen and oxygen atoms in total. The Morgan fingerprint density at radius 1 is 1.12 bits per heavy atom. The highest BCUT2D eigenvalue weighted by Crippen LogP contribution is 2.25. The molecule has 3 amide bonds. The van der Waals surface area contributed by atoms with Crippen molar-refractivity contribution in [2.24, 2.45) is 0 Å². The predicted molar refractivity (Wildman–Crippen MR) is 96.3 cm³/mol. The third-order valence-electron chi connectivity index (χ3n) is 4.58. The van der Waals surface area contributed by atoms with Gasteiger partial charge in [0.1, 0.15) is 11.9 Å². The number of nitrogens with zero attached hydrogens (tertiary/aromatic N) is 1. The van der Waals surface area contributed by atoms with Crippen LogP contribution >= 0.6 is 11.6 Å². The van der Waals surface area contributed by atoms with Crippen molar-refractivity contribution in [3.8, 4) is 0 Å². The van der Waals surface area contributed by atoms with Crippen LogP contribution in [0.1, 0.15) is 11.1 Å². The number of hydrogen-bond donors (Lipinski definition) is 2. The van der Waals surface area contributed by atoms with Gasteiger partial charge >= 0.3 is 6.03 Å². The number of H-pyrrole nitrogens is 1. The van der Waals surface area contributed by atoms with E-state index in [1.54, 1.807) is 0 Å². The summed E-state index contributed by atoms with van der Waals surface area (Å²) in [6.45, 7) is -0.194. The first-order valence-corrected chi connectivity index (χ1v) is 8.52. The smallest absolute Gasteiger partial charge is 0.325 e. The Labute approximate surface area is 153 Å². The van der Waals surface area contributed by atoms with Gasteiger partial charge in [-0.3, -0.25) is 9.69 Å². The highest BCUT2D eigenvalue weighted by Gasteiger charge is 2.38. The lowest BCUT2D eigenvalue weighted by Crippen LogP contribution is -2.32. The highest BCUT2D eigenvalue weighted by molar-refractivity contribution is 6.31. The predicted octanol–water partition coefficient (Wildman–Crippen LogP) is 3.62. The van der Waals surface area contributed by atoms with Crippen molar-refractivity contribution >= 4 is 34.4 Å². The molecule has 4 rings (SSSR count). The van der Waals surface area contributed by atoms with E-state index < -0.39 is 17.9 Å². The fourth-order valence-corrected chi connectivity index (χ4v) is 3.45. The SMILES string of the molecule is O=C1N[C@@H](Cc2c[nH]c3ccccc23)C(=O)N1Cc1c(F)cccc1Cl. The average molecular weight is 372 g/mol. The Hall–Kier alpha value is -2.86. The number of amides is 3. The van der Waals surface area contributed by atoms with Gasteiger partial charge in [-0.2, -0.15) is 0 Å². The minimum absolute atomic E-state index is 0.130. The van der Waals surface area contributed by atoms with Crippen LogP contribution in [0.25, 0.3) is 10.9 Å². The molecule has 0 unspecified atom stereocenters. The van der Waals surface area contributed by atoms with Crippen LogP contribution in [0.15, 0.2) is 48.7 Å². The quantitative estimate of drug-likeness (QED) is 0.688. The Balaban J connectivity index is 1.56. The number of hydrogen-bond acceptors (Lipinski definition) is 2. The number of para-hydroxylation sites is 1. The van der Waals surface area contributed by atoms with Crippen LogP contribution in [0.3, 0.4) is 0 Å². The van der Waals surface area contributed by atoms with Crippen molar-refractivity contribution < 1.29 is 14.0 Å². The molecule has 1 saturated heterocycles. The minimum atomic E-state index is -0.688. The molecule has 1 aromatic heterocycles. The topological polar surface area (TPSA) is 65.2 Å². The van der Waals surface area contributed by atoms with Crippen molar-refractivity contribution in [1.29, 1.82) is 0 Å². The molecule has 7 heteroatoms. The van der Waals surface area contributed by atoms with Gasteiger partial charge in [0.2, 0.25) is 0 Å². The normalized spacial score (nSPS) is 17.2. The van der Waals surface area contributed by atoms with Gasteiger partial charge in [0.15, 0.2) is 0 Å². The molecule has 0 spiro atoms. The zero-order valence-electron chi connectivity index (χ0n) is 13.6. The van der Waals surface area contributed by atoms with E-state index in [2.05, 4.69) is 10.3 Å². The number of carbonyl (C=O) groups excluding carboxylic acids is 2. The molecular formula is C19H15ClFN3O2. The van der Waals surface area contributed by atoms with Crippen molar-refractivity contribution in [3.05, 3.63) is 70.6 Å². The number of aromatic nitrogens is 1. The van der Waals surface area contributed by atoms with E-state index in [0.29, 0.717) is 6.42 Å². The van der Waals surface area contributed by atoms with Crippen LogP contribution in [0, 0.1) is 5.82 Å². The van der Waals surface area contributed by atoms with Gasteiger partial charge < -0.3 is 10.3 Å². The third-order valence-corrected chi connectivity index (χ3v) is 4.94. The minimum Gasteiger partial charge on any atom is -0.361 e. The van der Waals surface area contributed by atoms with Crippen LogP contribution in [0.2, 0.25) is 5.02 Å². The molecule has 1 aliphatic rings. The highest BCUT2D eigenvalue weighted by atomic mass is 35.5. The van der Waals surface area contributed by atoms with Crippen molar-refractivity contribution in [1.82, 2.24) is 15.2 Å². The second kappa shape index (κ2) is 6.46. The molecule has 0 radical (unpaired) electrons. The zero-order chi connectivity index (χ0) is 18.3. The summed E-state index contributed by atoms with van der Waals surface area (Å²) in [6, 6.07) is 10.8. The number of carbonyl (C=O) groups is 2. The second-order valence-electron chi connectivity index (χ2n) is 6.19. The van der Waals surface area contributed by atoms with Crippen molar-refractivity contribution in [2.45, 2.75) is 19.0 Å². The average Bonchev–Trinajstić information content (AvgIpc) is 3.14. The maximum Gasteiger partial charge on any atom is 0.325 e. The molecule has 2 aromatic carbocycles. The second-order valence-corrected chi connectivity index (χ2v) is 6.60. The van der Waals surface area contributed by atoms with E-state index >= 15 is 0 Å². The van der Waals surface area contributed by atoms with Gasteiger partial charge in [-0.05, 0) is 23.8 Å². The van der Waals surface area contributed by atoms with E-state index in [0.717, 1.165) is 21.4 Å². The summed E-state index contributed by atoms with van der Waals surface area (Å²) in [4.78, 5) is 29.1. The molecule has 0 aliphatic carbocycles. The third kappa shape index (κ3) is 2.82. The largest absolute Gasteiger partial charge is 0.361 e. The Morgan fingerprint density at radius 2 is 1.92 bits per heavy atom. The number of aromatic amines is 1. The summed E-state index contributed by atoms with van der Waals surface area (Å²) in [5.74, 6) is -0.933. The monoisotopic (exact) mass is 371 g/mol. The number of rotatable bonds is 4. The lowest BCUT2D eigenvalue weighted by Gasteiger charge is -2.14. The number of halogens is 2. The summed E-state index contributed by atoms with van der Waals surface area (Å²) in [5.41, 5.74) is 2.03. The van der Waals surface area contributed by atoms with E-state index in [1.807, 2.05) is 30.5 Å². The Morgan fingerprint density at radius 3 is 2.73 bits per heavy atom. The number of imide groups is 1. The first kappa shape index (κ1) is 16.6. The van der Waals surface area contributed by atoms with Crippen molar-refractivity contribution in [2.75, 3.05) is 0 Å². The standard InChI is InChI=1S/C19H15ClFN3O2/c20-14-5-3-6-15(21)13(14)10-24-18(25)17(23-19(24)26)8-11-9-22-16-7-2-1-4-12(11)16/h1-7,9,17,22H,8,10H2,(H,23,26)/t17-/m0/s1. The summed E-state index contributed by atoms with van der Waals surface area (Å²) in [6.07, 6.45) is 2.19. The molecule has 1 aliphatic heterocycles. The molecule has 0 saturated carbocycles. The van der Waals surface area contributed by atoms with Crippen LogP contribution in [-0.2, 0) is 17.8 Å². The summed E-state index contributed by atoms with van der Waals surface area (Å²) in [5, 5.41) is 3.86.